The molecule has 0 saturated heterocycles. The zero-order chi connectivity index (χ0) is 20.6. The number of nitrogens with zero attached hydrogens (tertiary/aromatic N) is 4. The van der Waals surface area contributed by atoms with Crippen LogP contribution < -0.4 is 5.32 Å². The second-order valence-electron chi connectivity index (χ2n) is 8.34. The molecule has 2 N–H and O–H groups in total. The van der Waals surface area contributed by atoms with Crippen LogP contribution in [0, 0.1) is 0 Å². The summed E-state index contributed by atoms with van der Waals surface area (Å²) in [5.41, 5.74) is 6.46. The number of nitrogens with one attached hydrogen (secondary N) is 2. The number of thiazole rings is 1. The molecule has 1 aliphatic carbocycles. The number of fused-ring (bicyclic) bond motifs is 2. The molecule has 31 heavy (non-hydrogen) atoms. The molecule has 2 aromatic carbocycles. The van der Waals surface area contributed by atoms with E-state index < -0.39 is 0 Å². The lowest BCUT2D eigenvalue weighted by Crippen LogP contribution is -2.21. The lowest BCUT2D eigenvalue weighted by atomic mass is 9.96. The van der Waals surface area contributed by atoms with Gasteiger partial charge in [0, 0.05) is 24.3 Å². The van der Waals surface area contributed by atoms with E-state index in [0.29, 0.717) is 6.04 Å². The summed E-state index contributed by atoms with van der Waals surface area (Å²) in [5, 5.41) is 11.8. The van der Waals surface area contributed by atoms with E-state index in [1.165, 1.54) is 42.4 Å². The number of rotatable bonds is 5. The molecule has 3 aromatic heterocycles. The van der Waals surface area contributed by atoms with Crippen molar-refractivity contribution in [3.8, 4) is 11.3 Å². The van der Waals surface area contributed by atoms with Crippen molar-refractivity contribution in [3.63, 3.8) is 0 Å². The molecule has 0 bridgehead atoms. The summed E-state index contributed by atoms with van der Waals surface area (Å²) in [6, 6.07) is 15.5. The van der Waals surface area contributed by atoms with Crippen LogP contribution in [0.5, 0.6) is 0 Å². The summed E-state index contributed by atoms with van der Waals surface area (Å²) in [4.78, 5) is 9.43. The van der Waals surface area contributed by atoms with Gasteiger partial charge in [-0.15, -0.1) is 0 Å². The first-order chi connectivity index (χ1) is 15.3. The fourth-order valence-corrected chi connectivity index (χ4v) is 5.52. The highest BCUT2D eigenvalue weighted by Crippen LogP contribution is 2.30. The van der Waals surface area contributed by atoms with Gasteiger partial charge in [0.2, 0.25) is 0 Å². The van der Waals surface area contributed by atoms with Gasteiger partial charge in [-0.25, -0.2) is 9.97 Å². The van der Waals surface area contributed by atoms with E-state index in [1.807, 2.05) is 18.6 Å². The van der Waals surface area contributed by atoms with Gasteiger partial charge in [-0.2, -0.15) is 5.10 Å². The normalized spacial score (nSPS) is 15.1. The van der Waals surface area contributed by atoms with Crippen molar-refractivity contribution >= 4 is 37.7 Å². The Morgan fingerprint density at radius 1 is 1.03 bits per heavy atom. The smallest absolute Gasteiger partial charge is 0.184 e. The van der Waals surface area contributed by atoms with Crippen LogP contribution in [0.1, 0.15) is 37.7 Å². The number of H-pyrrole nitrogens is 1. The number of imidazole rings is 1. The number of benzene rings is 2. The molecule has 6 nitrogen and oxygen atoms in total. The first-order valence-corrected chi connectivity index (χ1v) is 11.7. The predicted molar refractivity (Wildman–Crippen MR) is 127 cm³/mol. The number of aromatic amines is 1. The van der Waals surface area contributed by atoms with Crippen LogP contribution in [0.15, 0.2) is 55.0 Å². The summed E-state index contributed by atoms with van der Waals surface area (Å²) < 4.78 is 3.44. The zero-order valence-corrected chi connectivity index (χ0v) is 18.0. The molecule has 6 rings (SSSR count). The molecule has 0 radical (unpaired) electrons. The highest BCUT2D eigenvalue weighted by molar-refractivity contribution is 7.22. The third kappa shape index (κ3) is 3.70. The van der Waals surface area contributed by atoms with Crippen LogP contribution in [-0.4, -0.2) is 30.8 Å². The second-order valence-corrected chi connectivity index (χ2v) is 9.37. The van der Waals surface area contributed by atoms with Crippen molar-refractivity contribution in [2.75, 3.05) is 5.32 Å². The second kappa shape index (κ2) is 7.81. The fourth-order valence-electron chi connectivity index (χ4n) is 4.52. The molecular formula is C24H24N6S. The van der Waals surface area contributed by atoms with Crippen LogP contribution >= 0.6 is 11.3 Å². The molecule has 5 aromatic rings. The lowest BCUT2D eigenvalue weighted by molar-refractivity contribution is 0.462. The quantitative estimate of drug-likeness (QED) is 0.369. The number of hydrogen-bond acceptors (Lipinski definition) is 5. The summed E-state index contributed by atoms with van der Waals surface area (Å²) in [6.45, 7) is 0.789. The van der Waals surface area contributed by atoms with Crippen molar-refractivity contribution in [1.82, 2.24) is 24.7 Å². The molecule has 7 heteroatoms. The molecule has 0 unspecified atom stereocenters. The van der Waals surface area contributed by atoms with Gasteiger partial charge in [0.05, 0.1) is 33.3 Å². The molecule has 1 fully saturated rings. The summed E-state index contributed by atoms with van der Waals surface area (Å²) in [7, 11) is 0. The highest BCUT2D eigenvalue weighted by Gasteiger charge is 2.15. The Morgan fingerprint density at radius 2 is 1.97 bits per heavy atom. The van der Waals surface area contributed by atoms with Crippen LogP contribution in [-0.2, 0) is 6.54 Å². The Kier molecular flexibility index (Phi) is 4.68. The molecule has 1 aliphatic rings. The lowest BCUT2D eigenvalue weighted by Gasteiger charge is -2.22. The van der Waals surface area contributed by atoms with Crippen LogP contribution in [0.3, 0.4) is 0 Å². The molecule has 0 spiro atoms. The van der Waals surface area contributed by atoms with E-state index in [4.69, 9.17) is 4.98 Å². The minimum atomic E-state index is 0.581. The average molecular weight is 429 g/mol. The van der Waals surface area contributed by atoms with Gasteiger partial charge in [0.1, 0.15) is 0 Å². The molecule has 0 amide bonds. The third-order valence-corrected chi connectivity index (χ3v) is 7.11. The van der Waals surface area contributed by atoms with Gasteiger partial charge in [-0.3, -0.25) is 5.10 Å². The first kappa shape index (κ1) is 18.6. The minimum Gasteiger partial charge on any atom is -0.359 e. The summed E-state index contributed by atoms with van der Waals surface area (Å²) in [5.74, 6) is 0. The molecule has 3 heterocycles. The molecule has 156 valence electrons. The SMILES string of the molecule is c1cc(-c2ccc3c(c2)ncn3Cc2ccc3nc(NC4CCCCC4)sc3c2)n[nH]1. The predicted octanol–water partition coefficient (Wildman–Crippen LogP) is 5.83. The molecule has 0 aliphatic heterocycles. The summed E-state index contributed by atoms with van der Waals surface area (Å²) in [6.07, 6.45) is 10.3. The van der Waals surface area contributed by atoms with E-state index in [0.717, 1.165) is 39.5 Å². The van der Waals surface area contributed by atoms with Crippen LogP contribution in [0.2, 0.25) is 0 Å². The number of anilines is 1. The monoisotopic (exact) mass is 428 g/mol. The van der Waals surface area contributed by atoms with Gasteiger partial charge in [-0.1, -0.05) is 42.7 Å². The molecular weight excluding hydrogens is 404 g/mol. The Hall–Kier alpha value is -3.19. The van der Waals surface area contributed by atoms with Crippen LogP contribution in [0.25, 0.3) is 32.5 Å². The largest absolute Gasteiger partial charge is 0.359 e. The van der Waals surface area contributed by atoms with Gasteiger partial charge in [0.15, 0.2) is 5.13 Å². The van der Waals surface area contributed by atoms with Gasteiger partial charge >= 0.3 is 0 Å². The van der Waals surface area contributed by atoms with Crippen molar-refractivity contribution in [2.45, 2.75) is 44.7 Å². The topological polar surface area (TPSA) is 71.4 Å². The van der Waals surface area contributed by atoms with Gasteiger partial charge < -0.3 is 9.88 Å². The zero-order valence-electron chi connectivity index (χ0n) is 17.2. The maximum atomic E-state index is 4.81. The summed E-state index contributed by atoms with van der Waals surface area (Å²) >= 11 is 1.76. The molecule has 0 atom stereocenters. The number of aromatic nitrogens is 5. The van der Waals surface area contributed by atoms with E-state index >= 15 is 0 Å². The van der Waals surface area contributed by atoms with Crippen LogP contribution in [0.4, 0.5) is 5.13 Å². The number of hydrogen-bond donors (Lipinski definition) is 2. The van der Waals surface area contributed by atoms with Gasteiger partial charge in [-0.05, 0) is 48.7 Å². The van der Waals surface area contributed by atoms with Crippen molar-refractivity contribution < 1.29 is 0 Å². The third-order valence-electron chi connectivity index (χ3n) is 6.16. The fraction of sp³-hybridized carbons (Fsp3) is 0.292. The Bertz CT molecular complexity index is 1330. The maximum Gasteiger partial charge on any atom is 0.184 e. The average Bonchev–Trinajstić information content (AvgIpc) is 3.54. The Labute approximate surface area is 184 Å². The standard InChI is InChI=1S/C24H24N6S/c1-2-4-18(5-3-1)27-24-28-20-8-6-16(12-23(20)31-24)14-30-15-25-21-13-17(7-9-22(21)30)19-10-11-26-29-19/h6-13,15,18H,1-5,14H2,(H,26,29)(H,27,28). The molecule has 1 saturated carbocycles. The van der Waals surface area contributed by atoms with Crippen molar-refractivity contribution in [3.05, 3.63) is 60.6 Å². The highest BCUT2D eigenvalue weighted by atomic mass is 32.1. The van der Waals surface area contributed by atoms with E-state index in [-0.39, 0.29) is 0 Å². The van der Waals surface area contributed by atoms with Gasteiger partial charge in [0.25, 0.3) is 0 Å². The Balaban J connectivity index is 1.24. The first-order valence-electron chi connectivity index (χ1n) is 10.9. The van der Waals surface area contributed by atoms with E-state index in [2.05, 4.69) is 61.5 Å². The van der Waals surface area contributed by atoms with Crippen molar-refractivity contribution in [1.29, 1.82) is 0 Å². The maximum absolute atomic E-state index is 4.81. The van der Waals surface area contributed by atoms with Crippen molar-refractivity contribution in [2.24, 2.45) is 0 Å². The Morgan fingerprint density at radius 3 is 2.84 bits per heavy atom. The minimum absolute atomic E-state index is 0.581. The van der Waals surface area contributed by atoms with E-state index in [9.17, 15) is 0 Å². The van der Waals surface area contributed by atoms with E-state index in [1.54, 1.807) is 11.3 Å².